The van der Waals surface area contributed by atoms with Crippen LogP contribution in [0, 0.1) is 17.0 Å². The summed E-state index contributed by atoms with van der Waals surface area (Å²) in [6, 6.07) is 3.89. The molecule has 8 heteroatoms. The van der Waals surface area contributed by atoms with Crippen molar-refractivity contribution in [3.8, 4) is 0 Å². The van der Waals surface area contributed by atoms with Gasteiger partial charge in [0.1, 0.15) is 0 Å². The molecule has 0 aliphatic carbocycles. The van der Waals surface area contributed by atoms with Crippen LogP contribution in [0.4, 0.5) is 16.2 Å². The van der Waals surface area contributed by atoms with Crippen LogP contribution in [0.15, 0.2) is 18.2 Å². The van der Waals surface area contributed by atoms with E-state index in [-0.39, 0.29) is 18.7 Å². The van der Waals surface area contributed by atoms with Crippen LogP contribution in [0.3, 0.4) is 0 Å². The standard InChI is InChI=1S/C13H17N3O5/c1-3-15(7-6-12(17)18)13(19)14-10-5-4-9(2)11(8-10)16(20)21/h4-5,8H,3,6-7H2,1-2H3,(H,14,19)(H,17,18). The summed E-state index contributed by atoms with van der Waals surface area (Å²) in [5.41, 5.74) is 0.712. The van der Waals surface area contributed by atoms with E-state index in [1.165, 1.54) is 11.0 Å². The maximum atomic E-state index is 12.0. The van der Waals surface area contributed by atoms with E-state index in [2.05, 4.69) is 5.32 Å². The Hall–Kier alpha value is -2.64. The zero-order valence-corrected chi connectivity index (χ0v) is 11.8. The van der Waals surface area contributed by atoms with Crippen molar-refractivity contribution in [2.75, 3.05) is 18.4 Å². The number of hydrogen-bond donors (Lipinski definition) is 2. The number of nitrogens with zero attached hydrogens (tertiary/aromatic N) is 2. The number of carbonyl (C=O) groups excluding carboxylic acids is 1. The Morgan fingerprint density at radius 3 is 2.62 bits per heavy atom. The average Bonchev–Trinajstić information content (AvgIpc) is 2.41. The van der Waals surface area contributed by atoms with E-state index in [9.17, 15) is 19.7 Å². The number of nitrogens with one attached hydrogen (secondary N) is 1. The molecule has 0 aliphatic heterocycles. The minimum Gasteiger partial charge on any atom is -0.481 e. The molecule has 0 spiro atoms. The second-order valence-corrected chi connectivity index (χ2v) is 4.41. The van der Waals surface area contributed by atoms with Gasteiger partial charge in [-0.2, -0.15) is 0 Å². The average molecular weight is 295 g/mol. The highest BCUT2D eigenvalue weighted by molar-refractivity contribution is 5.90. The summed E-state index contributed by atoms with van der Waals surface area (Å²) in [5, 5.41) is 22.0. The number of nitro benzene ring substituents is 1. The van der Waals surface area contributed by atoms with Gasteiger partial charge in [-0.25, -0.2) is 4.79 Å². The number of rotatable bonds is 6. The van der Waals surface area contributed by atoms with Gasteiger partial charge in [0.2, 0.25) is 0 Å². The number of nitro groups is 1. The second-order valence-electron chi connectivity index (χ2n) is 4.41. The zero-order valence-electron chi connectivity index (χ0n) is 11.8. The molecular weight excluding hydrogens is 278 g/mol. The van der Waals surface area contributed by atoms with Crippen LogP contribution in [0.5, 0.6) is 0 Å². The van der Waals surface area contributed by atoms with Crippen LogP contribution in [0.2, 0.25) is 0 Å². The summed E-state index contributed by atoms with van der Waals surface area (Å²) in [4.78, 5) is 34.1. The summed E-state index contributed by atoms with van der Waals surface area (Å²) >= 11 is 0. The molecular formula is C13H17N3O5. The van der Waals surface area contributed by atoms with Crippen molar-refractivity contribution >= 4 is 23.4 Å². The third kappa shape index (κ3) is 4.75. The third-order valence-corrected chi connectivity index (χ3v) is 2.92. The van der Waals surface area contributed by atoms with Gasteiger partial charge in [-0.05, 0) is 19.9 Å². The third-order valence-electron chi connectivity index (χ3n) is 2.92. The SMILES string of the molecule is CCN(CCC(=O)O)C(=O)Nc1ccc(C)c([N+](=O)[O-])c1. The highest BCUT2D eigenvalue weighted by Gasteiger charge is 2.16. The normalized spacial score (nSPS) is 10.0. The Balaban J connectivity index is 2.79. The molecule has 1 rings (SSSR count). The van der Waals surface area contributed by atoms with Crippen LogP contribution < -0.4 is 5.32 Å². The molecule has 114 valence electrons. The molecule has 0 radical (unpaired) electrons. The lowest BCUT2D eigenvalue weighted by Gasteiger charge is -2.20. The van der Waals surface area contributed by atoms with E-state index in [4.69, 9.17) is 5.11 Å². The van der Waals surface area contributed by atoms with Gasteiger partial charge in [0.15, 0.2) is 0 Å². The molecule has 0 atom stereocenters. The van der Waals surface area contributed by atoms with Crippen molar-refractivity contribution < 1.29 is 19.6 Å². The summed E-state index contributed by atoms with van der Waals surface area (Å²) in [6.07, 6.45) is -0.157. The van der Waals surface area contributed by atoms with Gasteiger partial charge in [0.05, 0.1) is 11.3 Å². The number of carboxylic acids is 1. The summed E-state index contributed by atoms with van der Waals surface area (Å²) in [7, 11) is 0. The van der Waals surface area contributed by atoms with Gasteiger partial charge >= 0.3 is 12.0 Å². The molecule has 0 aliphatic rings. The van der Waals surface area contributed by atoms with Gasteiger partial charge in [-0.15, -0.1) is 0 Å². The summed E-state index contributed by atoms with van der Waals surface area (Å²) in [5.74, 6) is -0.993. The molecule has 1 aromatic carbocycles. The smallest absolute Gasteiger partial charge is 0.321 e. The Morgan fingerprint density at radius 1 is 1.43 bits per heavy atom. The maximum absolute atomic E-state index is 12.0. The molecule has 8 nitrogen and oxygen atoms in total. The van der Waals surface area contributed by atoms with Crippen LogP contribution in [-0.2, 0) is 4.79 Å². The minimum atomic E-state index is -0.993. The number of carbonyl (C=O) groups is 2. The lowest BCUT2D eigenvalue weighted by atomic mass is 10.2. The van der Waals surface area contributed by atoms with E-state index in [0.29, 0.717) is 17.8 Å². The molecule has 0 saturated carbocycles. The minimum absolute atomic E-state index is 0.0750. The van der Waals surface area contributed by atoms with Crippen molar-refractivity contribution in [1.29, 1.82) is 0 Å². The van der Waals surface area contributed by atoms with E-state index >= 15 is 0 Å². The Morgan fingerprint density at radius 2 is 2.10 bits per heavy atom. The van der Waals surface area contributed by atoms with Gasteiger partial charge in [-0.1, -0.05) is 6.07 Å². The number of aliphatic carboxylic acids is 1. The number of anilines is 1. The monoisotopic (exact) mass is 295 g/mol. The van der Waals surface area contributed by atoms with Gasteiger partial charge in [0.25, 0.3) is 5.69 Å². The molecule has 1 aromatic rings. The topological polar surface area (TPSA) is 113 Å². The van der Waals surface area contributed by atoms with Gasteiger partial charge < -0.3 is 15.3 Å². The highest BCUT2D eigenvalue weighted by atomic mass is 16.6. The first-order valence-corrected chi connectivity index (χ1v) is 6.38. The number of hydrogen-bond acceptors (Lipinski definition) is 4. The van der Waals surface area contributed by atoms with Crippen molar-refractivity contribution in [3.05, 3.63) is 33.9 Å². The fourth-order valence-electron chi connectivity index (χ4n) is 1.72. The number of amides is 2. The lowest BCUT2D eigenvalue weighted by molar-refractivity contribution is -0.385. The van der Waals surface area contributed by atoms with E-state index in [0.717, 1.165) is 0 Å². The predicted octanol–water partition coefficient (Wildman–Crippen LogP) is 2.23. The van der Waals surface area contributed by atoms with Gasteiger partial charge in [0, 0.05) is 30.4 Å². The molecule has 0 unspecified atom stereocenters. The summed E-state index contributed by atoms with van der Waals surface area (Å²) < 4.78 is 0. The molecule has 2 amide bonds. The molecule has 0 bridgehead atoms. The first-order valence-electron chi connectivity index (χ1n) is 6.38. The lowest BCUT2D eigenvalue weighted by Crippen LogP contribution is -2.36. The van der Waals surface area contributed by atoms with Crippen molar-refractivity contribution in [3.63, 3.8) is 0 Å². The number of benzene rings is 1. The van der Waals surface area contributed by atoms with Crippen molar-refractivity contribution in [2.45, 2.75) is 20.3 Å². The maximum Gasteiger partial charge on any atom is 0.321 e. The summed E-state index contributed by atoms with van der Waals surface area (Å²) in [6.45, 7) is 3.74. The van der Waals surface area contributed by atoms with Crippen molar-refractivity contribution in [2.24, 2.45) is 0 Å². The fourth-order valence-corrected chi connectivity index (χ4v) is 1.72. The Kier molecular flexibility index (Phi) is 5.65. The zero-order chi connectivity index (χ0) is 16.0. The van der Waals surface area contributed by atoms with E-state index in [1.54, 1.807) is 26.0 Å². The molecule has 0 fully saturated rings. The van der Waals surface area contributed by atoms with Gasteiger partial charge in [-0.3, -0.25) is 14.9 Å². The van der Waals surface area contributed by atoms with Crippen LogP contribution in [0.25, 0.3) is 0 Å². The van der Waals surface area contributed by atoms with E-state index in [1.807, 2.05) is 0 Å². The van der Waals surface area contributed by atoms with Crippen molar-refractivity contribution in [1.82, 2.24) is 4.90 Å². The number of carboxylic acid groups (broad SMARTS) is 1. The quantitative estimate of drug-likeness (QED) is 0.617. The molecule has 0 saturated heterocycles. The van der Waals surface area contributed by atoms with Crippen LogP contribution in [0.1, 0.15) is 18.9 Å². The Labute approximate surface area is 121 Å². The largest absolute Gasteiger partial charge is 0.481 e. The first-order chi connectivity index (χ1) is 9.85. The molecule has 21 heavy (non-hydrogen) atoms. The molecule has 0 heterocycles. The first kappa shape index (κ1) is 16.4. The van der Waals surface area contributed by atoms with E-state index < -0.39 is 16.9 Å². The number of urea groups is 1. The second kappa shape index (κ2) is 7.22. The highest BCUT2D eigenvalue weighted by Crippen LogP contribution is 2.22. The number of aryl methyl sites for hydroxylation is 1. The molecule has 0 aromatic heterocycles. The van der Waals surface area contributed by atoms with Crippen LogP contribution >= 0.6 is 0 Å². The Bertz CT molecular complexity index is 559. The predicted molar refractivity (Wildman–Crippen MR) is 76.4 cm³/mol. The molecule has 2 N–H and O–H groups in total. The van der Waals surface area contributed by atoms with Crippen LogP contribution in [-0.4, -0.2) is 40.0 Å². The fraction of sp³-hybridized carbons (Fsp3) is 0.385.